The fourth-order valence-electron chi connectivity index (χ4n) is 2.78. The smallest absolute Gasteiger partial charge is 0.263 e. The van der Waals surface area contributed by atoms with Gasteiger partial charge in [-0.15, -0.1) is 12.4 Å². The zero-order chi connectivity index (χ0) is 16.4. The number of benzene rings is 1. The average molecular weight is 373 g/mol. The third-order valence-electron chi connectivity index (χ3n) is 4.01. The van der Waals surface area contributed by atoms with E-state index in [1.807, 2.05) is 0 Å². The summed E-state index contributed by atoms with van der Waals surface area (Å²) in [5.41, 5.74) is 0.506. The second-order valence-electron chi connectivity index (χ2n) is 5.81. The molecule has 1 aromatic carbocycles. The lowest BCUT2D eigenvalue weighted by Crippen LogP contribution is -2.48. The van der Waals surface area contributed by atoms with Gasteiger partial charge in [-0.25, -0.2) is 8.42 Å². The normalized spacial score (nSPS) is 24.4. The van der Waals surface area contributed by atoms with E-state index in [2.05, 4.69) is 20.3 Å². The Morgan fingerprint density at radius 1 is 1.38 bits per heavy atom. The number of nitrogens with zero attached hydrogens (tertiary/aromatic N) is 1. The maximum Gasteiger partial charge on any atom is 0.263 e. The number of carbonyl (C=O) groups is 1. The maximum absolute atomic E-state index is 12.2. The number of hydrogen-bond donors (Lipinski definition) is 3. The lowest BCUT2D eigenvalue weighted by Gasteiger charge is -2.24. The quantitative estimate of drug-likeness (QED) is 0.715. The van der Waals surface area contributed by atoms with Crippen LogP contribution in [0.5, 0.6) is 0 Å². The average Bonchev–Trinajstić information content (AvgIpc) is 2.79. The Balaban J connectivity index is 0.00000208. The van der Waals surface area contributed by atoms with Gasteiger partial charge in [-0.3, -0.25) is 14.5 Å². The summed E-state index contributed by atoms with van der Waals surface area (Å²) < 4.78 is 26.5. The Morgan fingerprint density at radius 2 is 2.12 bits per heavy atom. The molecule has 2 heterocycles. The van der Waals surface area contributed by atoms with Crippen LogP contribution in [0.15, 0.2) is 34.2 Å². The van der Waals surface area contributed by atoms with Crippen molar-refractivity contribution in [2.24, 2.45) is 4.99 Å². The molecule has 2 aliphatic heterocycles. The van der Waals surface area contributed by atoms with Gasteiger partial charge in [0.15, 0.2) is 0 Å². The van der Waals surface area contributed by atoms with Crippen molar-refractivity contribution in [2.45, 2.75) is 36.7 Å². The monoisotopic (exact) mass is 372 g/mol. The van der Waals surface area contributed by atoms with E-state index in [4.69, 9.17) is 0 Å². The second kappa shape index (κ2) is 7.50. The van der Waals surface area contributed by atoms with E-state index in [9.17, 15) is 13.2 Å². The largest absolute Gasteiger partial charge is 0.350 e. The number of piperidine rings is 1. The number of aliphatic imine (C=N–C) groups is 1. The van der Waals surface area contributed by atoms with Crippen LogP contribution in [0, 0.1) is 0 Å². The molecule has 1 aromatic rings. The topological polar surface area (TPSA) is 99.7 Å². The molecule has 0 bridgehead atoms. The molecule has 24 heavy (non-hydrogen) atoms. The van der Waals surface area contributed by atoms with Crippen LogP contribution in [-0.2, 0) is 14.8 Å². The first-order valence-electron chi connectivity index (χ1n) is 7.68. The minimum atomic E-state index is -3.58. The maximum atomic E-state index is 12.2. The van der Waals surface area contributed by atoms with Crippen molar-refractivity contribution in [3.63, 3.8) is 0 Å². The SMILES string of the molecule is CC(N=C1NS(=O)(=O)c2ccccc21)C(=O)NC1CCCNC1.Cl. The third-order valence-corrected chi connectivity index (χ3v) is 5.41. The van der Waals surface area contributed by atoms with Crippen molar-refractivity contribution >= 4 is 34.2 Å². The van der Waals surface area contributed by atoms with Crippen LogP contribution in [0.2, 0.25) is 0 Å². The predicted molar refractivity (Wildman–Crippen MR) is 94.0 cm³/mol. The molecule has 1 saturated heterocycles. The summed E-state index contributed by atoms with van der Waals surface area (Å²) in [4.78, 5) is 16.7. The number of halogens is 1. The highest BCUT2D eigenvalue weighted by Crippen LogP contribution is 2.22. The summed E-state index contributed by atoms with van der Waals surface area (Å²) in [6, 6.07) is 6.05. The van der Waals surface area contributed by atoms with Crippen LogP contribution in [0.25, 0.3) is 0 Å². The van der Waals surface area contributed by atoms with Gasteiger partial charge in [-0.2, -0.15) is 0 Å². The van der Waals surface area contributed by atoms with Crippen LogP contribution in [0.4, 0.5) is 0 Å². The van der Waals surface area contributed by atoms with E-state index in [0.717, 1.165) is 25.9 Å². The van der Waals surface area contributed by atoms with Gasteiger partial charge in [0.05, 0.1) is 4.90 Å². The molecule has 2 atom stereocenters. The van der Waals surface area contributed by atoms with Gasteiger partial charge in [-0.05, 0) is 38.4 Å². The molecule has 0 radical (unpaired) electrons. The van der Waals surface area contributed by atoms with Crippen molar-refractivity contribution in [1.29, 1.82) is 0 Å². The van der Waals surface area contributed by atoms with Gasteiger partial charge in [0.25, 0.3) is 10.0 Å². The molecule has 0 aliphatic carbocycles. The van der Waals surface area contributed by atoms with Gasteiger partial charge >= 0.3 is 0 Å². The Kier molecular flexibility index (Phi) is 5.84. The van der Waals surface area contributed by atoms with Crippen molar-refractivity contribution in [2.75, 3.05) is 13.1 Å². The van der Waals surface area contributed by atoms with E-state index in [1.54, 1.807) is 25.1 Å². The van der Waals surface area contributed by atoms with Gasteiger partial charge in [0.1, 0.15) is 11.9 Å². The summed E-state index contributed by atoms with van der Waals surface area (Å²) in [6.45, 7) is 3.39. The van der Waals surface area contributed by atoms with Gasteiger partial charge in [0, 0.05) is 18.2 Å². The van der Waals surface area contributed by atoms with E-state index < -0.39 is 16.1 Å². The van der Waals surface area contributed by atoms with Crippen LogP contribution < -0.4 is 15.4 Å². The number of hydrogen-bond acceptors (Lipinski definition) is 5. The fourth-order valence-corrected chi connectivity index (χ4v) is 4.02. The van der Waals surface area contributed by atoms with Crippen molar-refractivity contribution in [3.05, 3.63) is 29.8 Å². The zero-order valence-corrected chi connectivity index (χ0v) is 14.9. The van der Waals surface area contributed by atoms with Crippen LogP contribution >= 0.6 is 12.4 Å². The van der Waals surface area contributed by atoms with Crippen LogP contribution in [-0.4, -0.2) is 45.3 Å². The molecular weight excluding hydrogens is 352 g/mol. The highest BCUT2D eigenvalue weighted by Gasteiger charge is 2.31. The summed E-state index contributed by atoms with van der Waals surface area (Å²) >= 11 is 0. The molecule has 2 aliphatic rings. The summed E-state index contributed by atoms with van der Waals surface area (Å²) in [5.74, 6) is 0.0276. The van der Waals surface area contributed by atoms with E-state index in [-0.39, 0.29) is 35.1 Å². The second-order valence-corrected chi connectivity index (χ2v) is 7.46. The van der Waals surface area contributed by atoms with E-state index in [1.165, 1.54) is 6.07 Å². The number of amidine groups is 1. The van der Waals surface area contributed by atoms with Crippen LogP contribution in [0.3, 0.4) is 0 Å². The van der Waals surface area contributed by atoms with Gasteiger partial charge in [0.2, 0.25) is 5.91 Å². The standard InChI is InChI=1S/C15H20N4O3S.ClH/c1-10(15(20)18-11-5-4-8-16-9-11)17-14-12-6-2-3-7-13(12)23(21,22)19-14;/h2-3,6-7,10-11,16H,4-5,8-9H2,1H3,(H,17,19)(H,18,20);1H. The summed E-state index contributed by atoms with van der Waals surface area (Å²) in [7, 11) is -3.58. The van der Waals surface area contributed by atoms with Crippen molar-refractivity contribution in [1.82, 2.24) is 15.4 Å². The van der Waals surface area contributed by atoms with E-state index in [0.29, 0.717) is 5.56 Å². The molecule has 3 N–H and O–H groups in total. The Bertz CT molecular complexity index is 745. The molecule has 0 aromatic heterocycles. The Morgan fingerprint density at radius 3 is 2.83 bits per heavy atom. The highest BCUT2D eigenvalue weighted by atomic mass is 35.5. The first-order chi connectivity index (χ1) is 11.0. The molecular formula is C15H21ClN4O3S. The molecule has 0 saturated carbocycles. The van der Waals surface area contributed by atoms with Crippen molar-refractivity contribution in [3.8, 4) is 0 Å². The Labute approximate surface area is 147 Å². The van der Waals surface area contributed by atoms with Crippen molar-refractivity contribution < 1.29 is 13.2 Å². The minimum absolute atomic E-state index is 0. The zero-order valence-electron chi connectivity index (χ0n) is 13.3. The van der Waals surface area contributed by atoms with Gasteiger partial charge in [-0.1, -0.05) is 12.1 Å². The molecule has 3 rings (SSSR count). The number of carbonyl (C=O) groups excluding carboxylic acids is 1. The summed E-state index contributed by atoms with van der Waals surface area (Å²) in [6.07, 6.45) is 1.97. The van der Waals surface area contributed by atoms with Crippen LogP contribution in [0.1, 0.15) is 25.3 Å². The molecule has 1 amide bonds. The molecule has 9 heteroatoms. The lowest BCUT2D eigenvalue weighted by atomic mass is 10.1. The predicted octanol–water partition coefficient (Wildman–Crippen LogP) is 0.404. The van der Waals surface area contributed by atoms with Gasteiger partial charge < -0.3 is 10.6 Å². The molecule has 7 nitrogen and oxygen atoms in total. The third kappa shape index (κ3) is 3.88. The first-order valence-corrected chi connectivity index (χ1v) is 9.17. The number of fused-ring (bicyclic) bond motifs is 1. The lowest BCUT2D eigenvalue weighted by molar-refractivity contribution is -0.122. The Hall–Kier alpha value is -1.64. The molecule has 0 spiro atoms. The number of sulfonamides is 1. The highest BCUT2D eigenvalue weighted by molar-refractivity contribution is 7.90. The number of amides is 1. The summed E-state index contributed by atoms with van der Waals surface area (Å²) in [5, 5.41) is 6.19. The molecule has 132 valence electrons. The molecule has 1 fully saturated rings. The molecule has 2 unspecified atom stereocenters. The van der Waals surface area contributed by atoms with E-state index >= 15 is 0 Å². The minimum Gasteiger partial charge on any atom is -0.350 e. The first kappa shape index (κ1) is 18.7. The number of rotatable bonds is 3. The number of nitrogens with one attached hydrogen (secondary N) is 3. The fraction of sp³-hybridized carbons (Fsp3) is 0.467.